The Morgan fingerprint density at radius 2 is 1.90 bits per heavy atom. The zero-order valence-electron chi connectivity index (χ0n) is 11.6. The fourth-order valence-electron chi connectivity index (χ4n) is 1.93. The van der Waals surface area contributed by atoms with Crippen molar-refractivity contribution in [1.82, 2.24) is 5.32 Å². The third-order valence-electron chi connectivity index (χ3n) is 3.04. The van der Waals surface area contributed by atoms with Crippen LogP contribution in [0.1, 0.15) is 48.0 Å². The van der Waals surface area contributed by atoms with Crippen molar-refractivity contribution in [2.24, 2.45) is 0 Å². The summed E-state index contributed by atoms with van der Waals surface area (Å²) >= 11 is 3.37. The molecule has 20 heavy (non-hydrogen) atoms. The van der Waals surface area contributed by atoms with Crippen molar-refractivity contribution in [3.63, 3.8) is 0 Å². The first-order valence-electron chi connectivity index (χ1n) is 6.77. The first-order valence-corrected chi connectivity index (χ1v) is 7.56. The number of halogens is 1. The molecule has 0 fully saturated rings. The van der Waals surface area contributed by atoms with Crippen LogP contribution in [0.25, 0.3) is 0 Å². The molecule has 0 aliphatic carbocycles. The quantitative estimate of drug-likeness (QED) is 0.711. The normalized spacial score (nSPS) is 10.3. The summed E-state index contributed by atoms with van der Waals surface area (Å²) in [6.07, 6.45) is 3.63. The number of hydrogen-bond acceptors (Lipinski definition) is 2. The van der Waals surface area contributed by atoms with Crippen LogP contribution in [0.15, 0.2) is 22.7 Å². The Morgan fingerprint density at radius 1 is 1.20 bits per heavy atom. The van der Waals surface area contributed by atoms with Crippen molar-refractivity contribution in [1.29, 1.82) is 0 Å². The van der Waals surface area contributed by atoms with Crippen molar-refractivity contribution in [2.45, 2.75) is 39.0 Å². The smallest absolute Gasteiger partial charge is 0.303 e. The van der Waals surface area contributed by atoms with Gasteiger partial charge < -0.3 is 10.4 Å². The lowest BCUT2D eigenvalue weighted by molar-refractivity contribution is -0.137. The molecule has 0 saturated heterocycles. The lowest BCUT2D eigenvalue weighted by Gasteiger charge is -2.08. The Hall–Kier alpha value is -1.36. The molecule has 0 unspecified atom stereocenters. The SMILES string of the molecule is Cc1cc(Br)ccc1C(=O)NCCCCCCC(=O)O. The van der Waals surface area contributed by atoms with Gasteiger partial charge in [0, 0.05) is 23.0 Å². The first-order chi connectivity index (χ1) is 9.50. The van der Waals surface area contributed by atoms with E-state index in [4.69, 9.17) is 5.11 Å². The number of carbonyl (C=O) groups is 2. The van der Waals surface area contributed by atoms with E-state index < -0.39 is 5.97 Å². The van der Waals surface area contributed by atoms with Crippen LogP contribution in [0.4, 0.5) is 0 Å². The van der Waals surface area contributed by atoms with Gasteiger partial charge in [0.25, 0.3) is 5.91 Å². The molecule has 4 nitrogen and oxygen atoms in total. The monoisotopic (exact) mass is 341 g/mol. The van der Waals surface area contributed by atoms with Crippen LogP contribution in [-0.2, 0) is 4.79 Å². The molecule has 0 saturated carbocycles. The van der Waals surface area contributed by atoms with E-state index in [1.54, 1.807) is 0 Å². The minimum atomic E-state index is -0.746. The summed E-state index contributed by atoms with van der Waals surface area (Å²) in [5.41, 5.74) is 1.64. The molecule has 0 bridgehead atoms. The standard InChI is InChI=1S/C15H20BrNO3/c1-11-10-12(16)7-8-13(11)15(20)17-9-5-3-2-4-6-14(18)19/h7-8,10H,2-6,9H2,1H3,(H,17,20)(H,18,19). The van der Waals surface area contributed by atoms with Crippen molar-refractivity contribution < 1.29 is 14.7 Å². The molecule has 2 N–H and O–H groups in total. The Kier molecular flexibility index (Phi) is 7.30. The average Bonchev–Trinajstić information content (AvgIpc) is 2.37. The van der Waals surface area contributed by atoms with Crippen LogP contribution in [0.2, 0.25) is 0 Å². The molecule has 0 aliphatic rings. The number of aryl methyl sites for hydroxylation is 1. The predicted molar refractivity (Wildman–Crippen MR) is 81.9 cm³/mol. The van der Waals surface area contributed by atoms with E-state index in [1.807, 2.05) is 25.1 Å². The Morgan fingerprint density at radius 3 is 2.55 bits per heavy atom. The molecule has 5 heteroatoms. The van der Waals surface area contributed by atoms with Crippen molar-refractivity contribution >= 4 is 27.8 Å². The molecule has 0 atom stereocenters. The Bertz CT molecular complexity index is 474. The maximum absolute atomic E-state index is 12.0. The minimum absolute atomic E-state index is 0.0551. The number of aliphatic carboxylic acids is 1. The van der Waals surface area contributed by atoms with Gasteiger partial charge in [0.1, 0.15) is 0 Å². The minimum Gasteiger partial charge on any atom is -0.481 e. The van der Waals surface area contributed by atoms with Crippen LogP contribution in [0.3, 0.4) is 0 Å². The fourth-order valence-corrected chi connectivity index (χ4v) is 2.41. The number of carbonyl (C=O) groups excluding carboxylic acids is 1. The molecule has 110 valence electrons. The number of carboxylic acids is 1. The summed E-state index contributed by atoms with van der Waals surface area (Å²) in [5.74, 6) is -0.801. The van der Waals surface area contributed by atoms with E-state index >= 15 is 0 Å². The molecular weight excluding hydrogens is 322 g/mol. The highest BCUT2D eigenvalue weighted by molar-refractivity contribution is 9.10. The maximum Gasteiger partial charge on any atom is 0.303 e. The number of amides is 1. The summed E-state index contributed by atoms with van der Waals surface area (Å²) in [7, 11) is 0. The molecule has 0 spiro atoms. The maximum atomic E-state index is 12.0. The van der Waals surface area contributed by atoms with E-state index in [-0.39, 0.29) is 12.3 Å². The topological polar surface area (TPSA) is 66.4 Å². The molecular formula is C15H20BrNO3. The van der Waals surface area contributed by atoms with Gasteiger partial charge in [0.15, 0.2) is 0 Å². The zero-order valence-corrected chi connectivity index (χ0v) is 13.2. The molecule has 0 aliphatic heterocycles. The molecule has 0 radical (unpaired) electrons. The number of nitrogens with one attached hydrogen (secondary N) is 1. The number of benzene rings is 1. The van der Waals surface area contributed by atoms with Crippen molar-refractivity contribution in [2.75, 3.05) is 6.54 Å². The van der Waals surface area contributed by atoms with Crippen LogP contribution < -0.4 is 5.32 Å². The largest absolute Gasteiger partial charge is 0.481 e. The van der Waals surface area contributed by atoms with Gasteiger partial charge in [-0.05, 0) is 43.5 Å². The van der Waals surface area contributed by atoms with Gasteiger partial charge in [-0.3, -0.25) is 9.59 Å². The predicted octanol–water partition coefficient (Wildman–Crippen LogP) is 3.52. The third kappa shape index (κ3) is 6.19. The van der Waals surface area contributed by atoms with Crippen LogP contribution >= 0.6 is 15.9 Å². The van der Waals surface area contributed by atoms with Crippen LogP contribution in [0, 0.1) is 6.92 Å². The van der Waals surface area contributed by atoms with Gasteiger partial charge in [-0.25, -0.2) is 0 Å². The van der Waals surface area contributed by atoms with Crippen LogP contribution in [-0.4, -0.2) is 23.5 Å². The van der Waals surface area contributed by atoms with Crippen molar-refractivity contribution in [3.8, 4) is 0 Å². The van der Waals surface area contributed by atoms with E-state index in [0.717, 1.165) is 29.3 Å². The van der Waals surface area contributed by atoms with Gasteiger partial charge in [0.2, 0.25) is 0 Å². The second kappa shape index (κ2) is 8.74. The molecule has 1 rings (SSSR count). The summed E-state index contributed by atoms with van der Waals surface area (Å²) in [5, 5.41) is 11.4. The van der Waals surface area contributed by atoms with Gasteiger partial charge in [-0.1, -0.05) is 28.8 Å². The molecule has 1 aromatic carbocycles. The van der Waals surface area contributed by atoms with Gasteiger partial charge in [-0.2, -0.15) is 0 Å². The Balaban J connectivity index is 2.22. The average molecular weight is 342 g/mol. The second-order valence-corrected chi connectivity index (χ2v) is 5.69. The van der Waals surface area contributed by atoms with E-state index in [9.17, 15) is 9.59 Å². The molecule has 1 amide bonds. The lowest BCUT2D eigenvalue weighted by Crippen LogP contribution is -2.25. The van der Waals surface area contributed by atoms with Crippen molar-refractivity contribution in [3.05, 3.63) is 33.8 Å². The highest BCUT2D eigenvalue weighted by atomic mass is 79.9. The third-order valence-corrected chi connectivity index (χ3v) is 3.53. The summed E-state index contributed by atoms with van der Waals surface area (Å²) in [6, 6.07) is 5.58. The second-order valence-electron chi connectivity index (χ2n) is 4.77. The zero-order chi connectivity index (χ0) is 15.0. The van der Waals surface area contributed by atoms with Gasteiger partial charge in [-0.15, -0.1) is 0 Å². The number of unbranched alkanes of at least 4 members (excludes halogenated alkanes) is 3. The summed E-state index contributed by atoms with van der Waals surface area (Å²) in [6.45, 7) is 2.53. The molecule has 1 aromatic rings. The van der Waals surface area contributed by atoms with Gasteiger partial charge in [0.05, 0.1) is 0 Å². The molecule has 0 heterocycles. The van der Waals surface area contributed by atoms with E-state index in [0.29, 0.717) is 18.5 Å². The molecule has 0 aromatic heterocycles. The summed E-state index contributed by atoms with van der Waals surface area (Å²) in [4.78, 5) is 22.3. The summed E-state index contributed by atoms with van der Waals surface area (Å²) < 4.78 is 0.963. The highest BCUT2D eigenvalue weighted by Gasteiger charge is 2.08. The highest BCUT2D eigenvalue weighted by Crippen LogP contribution is 2.15. The van der Waals surface area contributed by atoms with E-state index in [2.05, 4.69) is 21.2 Å². The number of hydrogen-bond donors (Lipinski definition) is 2. The van der Waals surface area contributed by atoms with E-state index in [1.165, 1.54) is 0 Å². The lowest BCUT2D eigenvalue weighted by atomic mass is 10.1. The fraction of sp³-hybridized carbons (Fsp3) is 0.467. The Labute approximate surface area is 127 Å². The number of carboxylic acid groups (broad SMARTS) is 1. The first kappa shape index (κ1) is 16.7. The van der Waals surface area contributed by atoms with Crippen LogP contribution in [0.5, 0.6) is 0 Å². The van der Waals surface area contributed by atoms with Gasteiger partial charge >= 0.3 is 5.97 Å². The number of rotatable bonds is 8.